The minimum atomic E-state index is -0.886. The standard InChI is InChI=1S/C17H16ClN3O3/c1-11-3-2-4-14(9-11)21-17(24)16(23)19-10-15(22)20-13-7-5-12(18)6-8-13/h2-9H,10H2,1H3,(H,19,23)(H,20,22)(H,21,24). The molecule has 6 nitrogen and oxygen atoms in total. The van der Waals surface area contributed by atoms with E-state index >= 15 is 0 Å². The van der Waals surface area contributed by atoms with Gasteiger partial charge in [-0.15, -0.1) is 0 Å². The van der Waals surface area contributed by atoms with Crippen LogP contribution >= 0.6 is 11.6 Å². The molecule has 0 fully saturated rings. The van der Waals surface area contributed by atoms with Crippen LogP contribution in [-0.4, -0.2) is 24.3 Å². The molecule has 124 valence electrons. The lowest BCUT2D eigenvalue weighted by Gasteiger charge is -2.08. The quantitative estimate of drug-likeness (QED) is 0.743. The number of rotatable bonds is 4. The van der Waals surface area contributed by atoms with E-state index in [2.05, 4.69) is 16.0 Å². The summed E-state index contributed by atoms with van der Waals surface area (Å²) in [5.74, 6) is -2.17. The minimum Gasteiger partial charge on any atom is -0.339 e. The van der Waals surface area contributed by atoms with Crippen molar-refractivity contribution in [2.45, 2.75) is 6.92 Å². The third kappa shape index (κ3) is 5.40. The van der Waals surface area contributed by atoms with Gasteiger partial charge in [0.15, 0.2) is 0 Å². The first-order valence-corrected chi connectivity index (χ1v) is 7.53. The van der Waals surface area contributed by atoms with Crippen LogP contribution in [-0.2, 0) is 14.4 Å². The Bertz CT molecular complexity index is 760. The highest BCUT2D eigenvalue weighted by molar-refractivity contribution is 6.40. The number of aryl methyl sites for hydroxylation is 1. The highest BCUT2D eigenvalue weighted by Crippen LogP contribution is 2.13. The van der Waals surface area contributed by atoms with E-state index in [1.54, 1.807) is 42.5 Å². The first-order chi connectivity index (χ1) is 11.4. The van der Waals surface area contributed by atoms with E-state index in [9.17, 15) is 14.4 Å². The maximum absolute atomic E-state index is 11.8. The fourth-order valence-electron chi connectivity index (χ4n) is 1.89. The minimum absolute atomic E-state index is 0.317. The van der Waals surface area contributed by atoms with Crippen LogP contribution in [0.15, 0.2) is 48.5 Å². The average Bonchev–Trinajstić information content (AvgIpc) is 2.54. The van der Waals surface area contributed by atoms with Gasteiger partial charge < -0.3 is 16.0 Å². The Labute approximate surface area is 144 Å². The molecule has 0 radical (unpaired) electrons. The van der Waals surface area contributed by atoms with Gasteiger partial charge in [-0.05, 0) is 48.9 Å². The molecule has 0 spiro atoms. The Morgan fingerprint density at radius 2 is 1.62 bits per heavy atom. The predicted octanol–water partition coefficient (Wildman–Crippen LogP) is 2.34. The second-order valence-corrected chi connectivity index (χ2v) is 5.50. The number of nitrogens with one attached hydrogen (secondary N) is 3. The molecule has 2 aromatic rings. The van der Waals surface area contributed by atoms with Crippen LogP contribution in [0, 0.1) is 6.92 Å². The number of carbonyl (C=O) groups is 3. The first kappa shape index (κ1) is 17.5. The normalized spacial score (nSPS) is 9.92. The van der Waals surface area contributed by atoms with Crippen LogP contribution in [0.5, 0.6) is 0 Å². The first-order valence-electron chi connectivity index (χ1n) is 7.15. The van der Waals surface area contributed by atoms with Gasteiger partial charge in [0, 0.05) is 16.4 Å². The molecule has 7 heteroatoms. The van der Waals surface area contributed by atoms with Crippen molar-refractivity contribution in [2.24, 2.45) is 0 Å². The summed E-state index contributed by atoms with van der Waals surface area (Å²) in [7, 11) is 0. The van der Waals surface area contributed by atoms with Crippen LogP contribution in [0.2, 0.25) is 5.02 Å². The van der Waals surface area contributed by atoms with Gasteiger partial charge in [-0.2, -0.15) is 0 Å². The molecule has 0 atom stereocenters. The van der Waals surface area contributed by atoms with E-state index in [1.807, 2.05) is 13.0 Å². The molecular weight excluding hydrogens is 330 g/mol. The predicted molar refractivity (Wildman–Crippen MR) is 92.9 cm³/mol. The third-order valence-corrected chi connectivity index (χ3v) is 3.27. The molecule has 0 bridgehead atoms. The number of carbonyl (C=O) groups excluding carboxylic acids is 3. The largest absolute Gasteiger partial charge is 0.339 e. The van der Waals surface area contributed by atoms with Crippen molar-refractivity contribution in [2.75, 3.05) is 17.2 Å². The highest BCUT2D eigenvalue weighted by Gasteiger charge is 2.14. The lowest BCUT2D eigenvalue weighted by atomic mass is 10.2. The number of amides is 3. The number of anilines is 2. The molecule has 0 heterocycles. The van der Waals surface area contributed by atoms with Gasteiger partial charge in [0.2, 0.25) is 5.91 Å². The van der Waals surface area contributed by atoms with E-state index in [0.717, 1.165) is 5.56 Å². The third-order valence-electron chi connectivity index (χ3n) is 3.02. The fourth-order valence-corrected chi connectivity index (χ4v) is 2.02. The zero-order valence-electron chi connectivity index (χ0n) is 12.9. The summed E-state index contributed by atoms with van der Waals surface area (Å²) < 4.78 is 0. The van der Waals surface area contributed by atoms with Gasteiger partial charge in [0.05, 0.1) is 6.54 Å². The van der Waals surface area contributed by atoms with E-state index < -0.39 is 17.7 Å². The van der Waals surface area contributed by atoms with Crippen molar-refractivity contribution in [1.82, 2.24) is 5.32 Å². The Morgan fingerprint density at radius 3 is 2.29 bits per heavy atom. The molecule has 0 aliphatic heterocycles. The van der Waals surface area contributed by atoms with Gasteiger partial charge >= 0.3 is 11.8 Å². The summed E-state index contributed by atoms with van der Waals surface area (Å²) in [5.41, 5.74) is 2.01. The van der Waals surface area contributed by atoms with E-state index in [0.29, 0.717) is 16.4 Å². The van der Waals surface area contributed by atoms with Crippen molar-refractivity contribution in [3.63, 3.8) is 0 Å². The molecule has 0 aliphatic rings. The average molecular weight is 346 g/mol. The summed E-state index contributed by atoms with van der Waals surface area (Å²) in [4.78, 5) is 35.2. The molecule has 0 saturated heterocycles. The monoisotopic (exact) mass is 345 g/mol. The number of halogens is 1. The molecule has 2 aromatic carbocycles. The van der Waals surface area contributed by atoms with Crippen molar-refractivity contribution < 1.29 is 14.4 Å². The topological polar surface area (TPSA) is 87.3 Å². The van der Waals surface area contributed by atoms with Crippen LogP contribution in [0.25, 0.3) is 0 Å². The zero-order valence-corrected chi connectivity index (χ0v) is 13.7. The zero-order chi connectivity index (χ0) is 17.5. The lowest BCUT2D eigenvalue weighted by molar-refractivity contribution is -0.136. The Kier molecular flexibility index (Phi) is 5.92. The Balaban J connectivity index is 1.80. The van der Waals surface area contributed by atoms with Crippen molar-refractivity contribution in [3.8, 4) is 0 Å². The molecule has 2 rings (SSSR count). The maximum Gasteiger partial charge on any atom is 0.313 e. The van der Waals surface area contributed by atoms with Crippen LogP contribution < -0.4 is 16.0 Å². The molecule has 24 heavy (non-hydrogen) atoms. The highest BCUT2D eigenvalue weighted by atomic mass is 35.5. The van der Waals surface area contributed by atoms with Crippen molar-refractivity contribution >= 4 is 40.7 Å². The second-order valence-electron chi connectivity index (χ2n) is 5.06. The summed E-state index contributed by atoms with van der Waals surface area (Å²) in [5, 5.41) is 7.85. The van der Waals surface area contributed by atoms with E-state index in [4.69, 9.17) is 11.6 Å². The van der Waals surface area contributed by atoms with Gasteiger partial charge in [-0.1, -0.05) is 23.7 Å². The van der Waals surface area contributed by atoms with Gasteiger partial charge in [0.1, 0.15) is 0 Å². The lowest BCUT2D eigenvalue weighted by Crippen LogP contribution is -2.39. The second kappa shape index (κ2) is 8.12. The Hall–Kier alpha value is -2.86. The summed E-state index contributed by atoms with van der Waals surface area (Å²) in [6.45, 7) is 1.56. The molecule has 0 saturated carbocycles. The molecule has 3 amide bonds. The van der Waals surface area contributed by atoms with Crippen molar-refractivity contribution in [1.29, 1.82) is 0 Å². The van der Waals surface area contributed by atoms with Crippen LogP contribution in [0.4, 0.5) is 11.4 Å². The number of hydrogen-bond donors (Lipinski definition) is 3. The van der Waals surface area contributed by atoms with E-state index in [1.165, 1.54) is 0 Å². The Morgan fingerprint density at radius 1 is 0.917 bits per heavy atom. The maximum atomic E-state index is 11.8. The summed E-state index contributed by atoms with van der Waals surface area (Å²) in [6.07, 6.45) is 0. The van der Waals surface area contributed by atoms with Crippen LogP contribution in [0.1, 0.15) is 5.56 Å². The number of hydrogen-bond acceptors (Lipinski definition) is 3. The molecule has 0 unspecified atom stereocenters. The summed E-state index contributed by atoms with van der Waals surface area (Å²) >= 11 is 5.75. The van der Waals surface area contributed by atoms with Gasteiger partial charge in [-0.25, -0.2) is 0 Å². The van der Waals surface area contributed by atoms with Gasteiger partial charge in [-0.3, -0.25) is 14.4 Å². The SMILES string of the molecule is Cc1cccc(NC(=O)C(=O)NCC(=O)Nc2ccc(Cl)cc2)c1. The molecular formula is C17H16ClN3O3. The molecule has 3 N–H and O–H groups in total. The fraction of sp³-hybridized carbons (Fsp3) is 0.118. The number of benzene rings is 2. The molecule has 0 aliphatic carbocycles. The van der Waals surface area contributed by atoms with Crippen molar-refractivity contribution in [3.05, 3.63) is 59.1 Å². The summed E-state index contributed by atoms with van der Waals surface area (Å²) in [6, 6.07) is 13.6. The van der Waals surface area contributed by atoms with Gasteiger partial charge in [0.25, 0.3) is 0 Å². The smallest absolute Gasteiger partial charge is 0.313 e. The molecule has 0 aromatic heterocycles. The van der Waals surface area contributed by atoms with Crippen LogP contribution in [0.3, 0.4) is 0 Å². The van der Waals surface area contributed by atoms with E-state index in [-0.39, 0.29) is 6.54 Å².